The molecule has 0 radical (unpaired) electrons. The van der Waals surface area contributed by atoms with Crippen molar-refractivity contribution in [3.05, 3.63) is 42.2 Å². The maximum Gasteiger partial charge on any atom is 0.180 e. The zero-order valence-corrected chi connectivity index (χ0v) is 13.3. The second-order valence-corrected chi connectivity index (χ2v) is 5.82. The minimum atomic E-state index is 0.414. The topological polar surface area (TPSA) is 68.1 Å². The first-order valence-electron chi connectivity index (χ1n) is 7.99. The van der Waals surface area contributed by atoms with E-state index in [1.165, 1.54) is 5.57 Å². The highest BCUT2D eigenvalue weighted by atomic mass is 16.5. The predicted molar refractivity (Wildman–Crippen MR) is 88.7 cm³/mol. The zero-order valence-electron chi connectivity index (χ0n) is 13.3. The number of aromatic nitrogens is 5. The summed E-state index contributed by atoms with van der Waals surface area (Å²) in [5.74, 6) is 2.34. The quantitative estimate of drug-likeness (QED) is 0.805. The fraction of sp³-hybridized carbons (Fsp3) is 0.353. The molecule has 0 amide bonds. The molecule has 0 bridgehead atoms. The van der Waals surface area contributed by atoms with Gasteiger partial charge in [-0.15, -0.1) is 10.2 Å². The SMILES string of the molecule is CCOC1=CC=C(c2nnc3cnc4[nH]ccc4n23)CCC1C. The Morgan fingerprint density at radius 1 is 1.35 bits per heavy atom. The summed E-state index contributed by atoms with van der Waals surface area (Å²) in [5, 5.41) is 8.68. The molecular weight excluding hydrogens is 290 g/mol. The number of rotatable bonds is 3. The van der Waals surface area contributed by atoms with Crippen molar-refractivity contribution in [1.29, 1.82) is 0 Å². The number of allylic oxidation sites excluding steroid dienone is 4. The first-order chi connectivity index (χ1) is 11.3. The maximum absolute atomic E-state index is 5.74. The summed E-state index contributed by atoms with van der Waals surface area (Å²) in [5.41, 5.74) is 3.77. The third-order valence-corrected chi connectivity index (χ3v) is 4.32. The highest BCUT2D eigenvalue weighted by molar-refractivity contribution is 5.77. The Morgan fingerprint density at radius 3 is 3.13 bits per heavy atom. The summed E-state index contributed by atoms with van der Waals surface area (Å²) < 4.78 is 7.81. The lowest BCUT2D eigenvalue weighted by atomic mass is 10.0. The zero-order chi connectivity index (χ0) is 15.8. The van der Waals surface area contributed by atoms with Crippen molar-refractivity contribution in [3.63, 3.8) is 0 Å². The monoisotopic (exact) mass is 309 g/mol. The molecule has 1 unspecified atom stereocenters. The molecule has 0 aromatic carbocycles. The molecule has 6 nitrogen and oxygen atoms in total. The molecule has 0 saturated carbocycles. The van der Waals surface area contributed by atoms with Crippen LogP contribution in [0.1, 0.15) is 32.5 Å². The molecule has 3 aromatic heterocycles. The molecule has 1 atom stereocenters. The van der Waals surface area contributed by atoms with Crippen LogP contribution in [0, 0.1) is 5.92 Å². The molecule has 0 aliphatic heterocycles. The summed E-state index contributed by atoms with van der Waals surface area (Å²) in [6.07, 6.45) is 9.81. The van der Waals surface area contributed by atoms with Crippen LogP contribution >= 0.6 is 0 Å². The van der Waals surface area contributed by atoms with Crippen LogP contribution in [0.15, 0.2) is 36.4 Å². The van der Waals surface area contributed by atoms with Crippen molar-refractivity contribution in [2.75, 3.05) is 6.61 Å². The lowest BCUT2D eigenvalue weighted by Crippen LogP contribution is -2.03. The van der Waals surface area contributed by atoms with E-state index in [2.05, 4.69) is 43.6 Å². The summed E-state index contributed by atoms with van der Waals surface area (Å²) in [6, 6.07) is 2.00. The van der Waals surface area contributed by atoms with Crippen LogP contribution in [0.3, 0.4) is 0 Å². The minimum Gasteiger partial charge on any atom is -0.498 e. The molecule has 1 aliphatic carbocycles. The van der Waals surface area contributed by atoms with E-state index in [0.717, 1.165) is 41.2 Å². The van der Waals surface area contributed by atoms with Crippen molar-refractivity contribution >= 4 is 22.4 Å². The van der Waals surface area contributed by atoms with E-state index in [4.69, 9.17) is 4.74 Å². The van der Waals surface area contributed by atoms with E-state index in [-0.39, 0.29) is 0 Å². The predicted octanol–water partition coefficient (Wildman–Crippen LogP) is 3.34. The third-order valence-electron chi connectivity index (χ3n) is 4.32. The molecule has 3 aromatic rings. The Labute approximate surface area is 133 Å². The van der Waals surface area contributed by atoms with Crippen molar-refractivity contribution < 1.29 is 4.74 Å². The molecule has 1 N–H and O–H groups in total. The molecule has 4 rings (SSSR count). The van der Waals surface area contributed by atoms with Crippen LogP contribution in [0.5, 0.6) is 0 Å². The van der Waals surface area contributed by atoms with Gasteiger partial charge in [-0.3, -0.25) is 4.40 Å². The molecule has 0 spiro atoms. The van der Waals surface area contributed by atoms with Gasteiger partial charge in [-0.05, 0) is 37.5 Å². The molecule has 0 saturated heterocycles. The smallest absolute Gasteiger partial charge is 0.180 e. The summed E-state index contributed by atoms with van der Waals surface area (Å²) >= 11 is 0. The van der Waals surface area contributed by atoms with Gasteiger partial charge in [0, 0.05) is 12.1 Å². The van der Waals surface area contributed by atoms with Gasteiger partial charge in [0.15, 0.2) is 17.1 Å². The fourth-order valence-electron chi connectivity index (χ4n) is 3.07. The van der Waals surface area contributed by atoms with Crippen LogP contribution < -0.4 is 0 Å². The Kier molecular flexibility index (Phi) is 3.37. The molecule has 6 heteroatoms. The lowest BCUT2D eigenvalue weighted by molar-refractivity contribution is 0.193. The summed E-state index contributed by atoms with van der Waals surface area (Å²) in [6.45, 7) is 4.92. The van der Waals surface area contributed by atoms with Gasteiger partial charge in [0.2, 0.25) is 0 Å². The van der Waals surface area contributed by atoms with Gasteiger partial charge in [0.05, 0.1) is 24.1 Å². The minimum absolute atomic E-state index is 0.414. The highest BCUT2D eigenvalue weighted by Crippen LogP contribution is 2.30. The molecule has 23 heavy (non-hydrogen) atoms. The number of aromatic amines is 1. The number of ether oxygens (including phenoxy) is 1. The van der Waals surface area contributed by atoms with Crippen LogP contribution in [0.4, 0.5) is 0 Å². The van der Waals surface area contributed by atoms with Gasteiger partial charge in [-0.25, -0.2) is 4.98 Å². The second kappa shape index (κ2) is 5.53. The van der Waals surface area contributed by atoms with Gasteiger partial charge in [-0.2, -0.15) is 0 Å². The van der Waals surface area contributed by atoms with E-state index in [9.17, 15) is 0 Å². The third kappa shape index (κ3) is 2.30. The molecular formula is C17H19N5O. The first-order valence-corrected chi connectivity index (χ1v) is 7.99. The van der Waals surface area contributed by atoms with E-state index in [0.29, 0.717) is 12.5 Å². The van der Waals surface area contributed by atoms with Gasteiger partial charge >= 0.3 is 0 Å². The number of hydrogen-bond donors (Lipinski definition) is 1. The summed E-state index contributed by atoms with van der Waals surface area (Å²) in [7, 11) is 0. The number of H-pyrrole nitrogens is 1. The molecule has 118 valence electrons. The molecule has 1 aliphatic rings. The maximum atomic E-state index is 5.74. The van der Waals surface area contributed by atoms with Gasteiger partial charge in [-0.1, -0.05) is 13.0 Å². The van der Waals surface area contributed by atoms with E-state index < -0.39 is 0 Å². The van der Waals surface area contributed by atoms with Gasteiger partial charge in [0.25, 0.3) is 0 Å². The standard InChI is InChI=1S/C17H19N5O/c1-3-23-14-7-6-12(5-4-11(14)2)17-21-20-15-10-19-16-13(22(15)17)8-9-18-16/h6-11,18H,3-5H2,1-2H3. The van der Waals surface area contributed by atoms with Crippen molar-refractivity contribution in [1.82, 2.24) is 24.6 Å². The normalized spacial score (nSPS) is 18.8. The van der Waals surface area contributed by atoms with Crippen molar-refractivity contribution in [2.45, 2.75) is 26.7 Å². The fourth-order valence-corrected chi connectivity index (χ4v) is 3.07. The Hall–Kier alpha value is -2.63. The van der Waals surface area contributed by atoms with E-state index in [1.807, 2.05) is 19.2 Å². The summed E-state index contributed by atoms with van der Waals surface area (Å²) in [4.78, 5) is 7.50. The molecule has 3 heterocycles. The average molecular weight is 309 g/mol. The number of nitrogens with zero attached hydrogens (tertiary/aromatic N) is 4. The van der Waals surface area contributed by atoms with Crippen molar-refractivity contribution in [2.24, 2.45) is 5.92 Å². The first kappa shape index (κ1) is 14.0. The van der Waals surface area contributed by atoms with E-state index in [1.54, 1.807) is 6.20 Å². The number of fused-ring (bicyclic) bond motifs is 3. The Morgan fingerprint density at radius 2 is 2.26 bits per heavy atom. The van der Waals surface area contributed by atoms with Crippen LogP contribution in [-0.2, 0) is 4.74 Å². The van der Waals surface area contributed by atoms with Crippen molar-refractivity contribution in [3.8, 4) is 0 Å². The number of nitrogens with one attached hydrogen (secondary N) is 1. The average Bonchev–Trinajstić information content (AvgIpc) is 3.15. The largest absolute Gasteiger partial charge is 0.498 e. The number of hydrogen-bond acceptors (Lipinski definition) is 4. The van der Waals surface area contributed by atoms with Crippen LogP contribution in [0.25, 0.3) is 22.4 Å². The lowest BCUT2D eigenvalue weighted by Gasteiger charge is -2.14. The highest BCUT2D eigenvalue weighted by Gasteiger charge is 2.19. The Bertz CT molecular complexity index is 918. The molecule has 0 fully saturated rings. The Balaban J connectivity index is 1.84. The van der Waals surface area contributed by atoms with Gasteiger partial charge in [0.1, 0.15) is 0 Å². The second-order valence-electron chi connectivity index (χ2n) is 5.82. The van der Waals surface area contributed by atoms with Crippen LogP contribution in [-0.4, -0.2) is 31.2 Å². The van der Waals surface area contributed by atoms with Gasteiger partial charge < -0.3 is 9.72 Å². The van der Waals surface area contributed by atoms with Crippen LogP contribution in [0.2, 0.25) is 0 Å². The van der Waals surface area contributed by atoms with E-state index >= 15 is 0 Å².